The second kappa shape index (κ2) is 5.32. The van der Waals surface area contributed by atoms with E-state index < -0.39 is 12.2 Å². The van der Waals surface area contributed by atoms with Crippen LogP contribution in [0.1, 0.15) is 24.0 Å². The number of nitrogens with two attached hydrogens (primary N) is 1. The van der Waals surface area contributed by atoms with Gasteiger partial charge in [-0.2, -0.15) is 0 Å². The number of hydrogen-bond donors (Lipinski definition) is 1. The Balaban J connectivity index is 2.08. The average molecular weight is 284 g/mol. The highest BCUT2D eigenvalue weighted by atomic mass is 16.5. The zero-order valence-electron chi connectivity index (χ0n) is 11.8. The van der Waals surface area contributed by atoms with Crippen LogP contribution in [0.5, 0.6) is 0 Å². The Kier molecular flexibility index (Phi) is 3.50. The summed E-state index contributed by atoms with van der Waals surface area (Å²) in [6.07, 6.45) is 0.176. The second-order valence-corrected chi connectivity index (χ2v) is 5.23. The third kappa shape index (κ3) is 2.33. The molecule has 21 heavy (non-hydrogen) atoms. The predicted octanol–water partition coefficient (Wildman–Crippen LogP) is 0.726. The summed E-state index contributed by atoms with van der Waals surface area (Å²) in [7, 11) is 0. The van der Waals surface area contributed by atoms with Crippen molar-refractivity contribution in [3.8, 4) is 11.8 Å². The molecule has 2 heterocycles. The Morgan fingerprint density at radius 3 is 2.57 bits per heavy atom. The van der Waals surface area contributed by atoms with Gasteiger partial charge in [0.05, 0.1) is 12.2 Å². The van der Waals surface area contributed by atoms with Crippen molar-refractivity contribution >= 4 is 17.5 Å². The third-order valence-corrected chi connectivity index (χ3v) is 3.73. The monoisotopic (exact) mass is 284 g/mol. The number of imide groups is 1. The van der Waals surface area contributed by atoms with Gasteiger partial charge in [0.2, 0.25) is 0 Å². The number of fused-ring (bicyclic) bond motifs is 2. The maximum atomic E-state index is 12.4. The number of nitrogens with zero attached hydrogens (tertiary/aromatic N) is 1. The number of hydrogen-bond acceptors (Lipinski definition) is 4. The van der Waals surface area contributed by atoms with Crippen LogP contribution in [0, 0.1) is 18.8 Å². The number of anilines is 1. The van der Waals surface area contributed by atoms with Crippen LogP contribution in [-0.4, -0.2) is 30.6 Å². The molecule has 0 spiro atoms. The maximum Gasteiger partial charge on any atom is 0.263 e. The molecule has 0 saturated carbocycles. The lowest BCUT2D eigenvalue weighted by Crippen LogP contribution is -2.52. The Hall–Kier alpha value is -2.16. The average Bonchev–Trinajstić information content (AvgIpc) is 2.92. The van der Waals surface area contributed by atoms with E-state index in [9.17, 15) is 9.59 Å². The third-order valence-electron chi connectivity index (χ3n) is 3.73. The standard InChI is InChI=1S/C16H16N2O3/c1-10-4-5-11(3-2-8-17)12(9-10)18-15(19)13-6-7-14(21-13)16(18)20/h4-5,9,13-14H,6-8,17H2,1H3. The van der Waals surface area contributed by atoms with Crippen LogP contribution < -0.4 is 10.6 Å². The summed E-state index contributed by atoms with van der Waals surface area (Å²) in [4.78, 5) is 26.1. The normalized spacial score (nSPS) is 24.0. The lowest BCUT2D eigenvalue weighted by atomic mass is 10.1. The van der Waals surface area contributed by atoms with Crippen molar-refractivity contribution in [2.75, 3.05) is 11.4 Å². The van der Waals surface area contributed by atoms with Crippen LogP contribution >= 0.6 is 0 Å². The summed E-state index contributed by atoms with van der Waals surface area (Å²) in [5.74, 6) is 5.10. The molecule has 1 aromatic rings. The number of amides is 2. The highest BCUT2D eigenvalue weighted by molar-refractivity contribution is 6.20. The van der Waals surface area contributed by atoms with Gasteiger partial charge in [0.1, 0.15) is 12.2 Å². The molecule has 0 aromatic heterocycles. The van der Waals surface area contributed by atoms with Gasteiger partial charge in [0.15, 0.2) is 0 Å². The summed E-state index contributed by atoms with van der Waals surface area (Å²) >= 11 is 0. The van der Waals surface area contributed by atoms with Crippen molar-refractivity contribution in [1.82, 2.24) is 0 Å². The van der Waals surface area contributed by atoms with Crippen molar-refractivity contribution in [2.24, 2.45) is 5.73 Å². The first-order valence-electron chi connectivity index (χ1n) is 6.94. The summed E-state index contributed by atoms with van der Waals surface area (Å²) < 4.78 is 5.43. The van der Waals surface area contributed by atoms with Gasteiger partial charge >= 0.3 is 0 Å². The summed E-state index contributed by atoms with van der Waals surface area (Å²) in [6.45, 7) is 2.14. The molecule has 5 nitrogen and oxygen atoms in total. The van der Waals surface area contributed by atoms with E-state index in [1.165, 1.54) is 4.90 Å². The molecule has 2 N–H and O–H groups in total. The van der Waals surface area contributed by atoms with Gasteiger partial charge in [-0.15, -0.1) is 0 Å². The van der Waals surface area contributed by atoms with Crippen LogP contribution in [0.15, 0.2) is 18.2 Å². The highest BCUT2D eigenvalue weighted by Gasteiger charge is 2.47. The van der Waals surface area contributed by atoms with E-state index in [2.05, 4.69) is 11.8 Å². The number of benzene rings is 1. The molecule has 1 aromatic carbocycles. The van der Waals surface area contributed by atoms with Crippen LogP contribution in [0.3, 0.4) is 0 Å². The van der Waals surface area contributed by atoms with Crippen molar-refractivity contribution in [3.05, 3.63) is 29.3 Å². The first-order valence-corrected chi connectivity index (χ1v) is 6.94. The lowest BCUT2D eigenvalue weighted by molar-refractivity contribution is -0.146. The molecule has 2 saturated heterocycles. The van der Waals surface area contributed by atoms with Gasteiger partial charge in [-0.1, -0.05) is 17.9 Å². The lowest BCUT2D eigenvalue weighted by Gasteiger charge is -2.30. The van der Waals surface area contributed by atoms with Gasteiger partial charge < -0.3 is 10.5 Å². The largest absolute Gasteiger partial charge is 0.355 e. The predicted molar refractivity (Wildman–Crippen MR) is 77.5 cm³/mol. The molecule has 2 amide bonds. The molecule has 3 rings (SSSR count). The van der Waals surface area contributed by atoms with Gasteiger partial charge in [-0.25, -0.2) is 4.90 Å². The van der Waals surface area contributed by atoms with Crippen LogP contribution in [-0.2, 0) is 14.3 Å². The maximum absolute atomic E-state index is 12.4. The van der Waals surface area contributed by atoms with Crippen molar-refractivity contribution < 1.29 is 14.3 Å². The molecule has 2 unspecified atom stereocenters. The van der Waals surface area contributed by atoms with Gasteiger partial charge in [0.25, 0.3) is 11.8 Å². The molecule has 2 bridgehead atoms. The fourth-order valence-electron chi connectivity index (χ4n) is 2.71. The van der Waals surface area contributed by atoms with Crippen molar-refractivity contribution in [2.45, 2.75) is 32.0 Å². The summed E-state index contributed by atoms with van der Waals surface area (Å²) in [5, 5.41) is 0. The van der Waals surface area contributed by atoms with Crippen molar-refractivity contribution in [1.29, 1.82) is 0 Å². The topological polar surface area (TPSA) is 72.6 Å². The molecule has 0 aliphatic carbocycles. The highest BCUT2D eigenvalue weighted by Crippen LogP contribution is 2.33. The first-order chi connectivity index (χ1) is 10.1. The molecule has 2 aliphatic rings. The molecule has 2 fully saturated rings. The van der Waals surface area contributed by atoms with E-state index in [4.69, 9.17) is 10.5 Å². The number of morpholine rings is 1. The SMILES string of the molecule is Cc1ccc(C#CCN)c(N2C(=O)C3CCC(O3)C2=O)c1. The number of aryl methyl sites for hydroxylation is 1. The minimum atomic E-state index is -0.511. The van der Waals surface area contributed by atoms with E-state index in [1.54, 1.807) is 6.07 Å². The Morgan fingerprint density at radius 2 is 1.95 bits per heavy atom. The zero-order chi connectivity index (χ0) is 15.0. The number of carbonyl (C=O) groups excluding carboxylic acids is 2. The van der Waals surface area contributed by atoms with Crippen LogP contribution in [0.25, 0.3) is 0 Å². The first kappa shape index (κ1) is 13.8. The quantitative estimate of drug-likeness (QED) is 0.609. The van der Waals surface area contributed by atoms with Gasteiger partial charge in [0, 0.05) is 5.56 Å². The Labute approximate surface area is 123 Å². The van der Waals surface area contributed by atoms with E-state index in [0.29, 0.717) is 24.1 Å². The fraction of sp³-hybridized carbons (Fsp3) is 0.375. The van der Waals surface area contributed by atoms with Gasteiger partial charge in [-0.05, 0) is 37.5 Å². The fourth-order valence-corrected chi connectivity index (χ4v) is 2.71. The minimum absolute atomic E-state index is 0.226. The molecule has 108 valence electrons. The minimum Gasteiger partial charge on any atom is -0.355 e. The summed E-state index contributed by atoms with van der Waals surface area (Å²) in [6, 6.07) is 5.51. The second-order valence-electron chi connectivity index (χ2n) is 5.23. The Bertz CT molecular complexity index is 650. The van der Waals surface area contributed by atoms with Crippen molar-refractivity contribution in [3.63, 3.8) is 0 Å². The smallest absolute Gasteiger partial charge is 0.263 e. The van der Waals surface area contributed by atoms with E-state index in [0.717, 1.165) is 5.56 Å². The van der Waals surface area contributed by atoms with Gasteiger partial charge in [-0.3, -0.25) is 9.59 Å². The molecule has 2 atom stereocenters. The number of ether oxygens (including phenoxy) is 1. The molecule has 0 radical (unpaired) electrons. The molecule has 2 aliphatic heterocycles. The number of rotatable bonds is 1. The summed E-state index contributed by atoms with van der Waals surface area (Å²) in [5.41, 5.74) is 7.53. The Morgan fingerprint density at radius 1 is 1.29 bits per heavy atom. The van der Waals surface area contributed by atoms with Crippen LogP contribution in [0.4, 0.5) is 5.69 Å². The van der Waals surface area contributed by atoms with E-state index in [-0.39, 0.29) is 18.4 Å². The molecular formula is C16H16N2O3. The molecule has 5 heteroatoms. The number of carbonyl (C=O) groups is 2. The molecular weight excluding hydrogens is 268 g/mol. The van der Waals surface area contributed by atoms with E-state index in [1.807, 2.05) is 19.1 Å². The van der Waals surface area contributed by atoms with Crippen LogP contribution in [0.2, 0.25) is 0 Å². The van der Waals surface area contributed by atoms with E-state index >= 15 is 0 Å². The zero-order valence-corrected chi connectivity index (χ0v) is 11.8.